The van der Waals surface area contributed by atoms with Crippen LogP contribution >= 0.6 is 0 Å². The average molecular weight is 225 g/mol. The van der Waals surface area contributed by atoms with E-state index in [1.807, 2.05) is 34.9 Å². The molecule has 4 heteroatoms. The number of hydrogen-bond donors (Lipinski definition) is 1. The molecule has 2 aromatic heterocycles. The molecule has 0 aliphatic rings. The van der Waals surface area contributed by atoms with Crippen molar-refractivity contribution in [2.75, 3.05) is 0 Å². The fraction of sp³-hybridized carbons (Fsp3) is 0.0769. The monoisotopic (exact) mass is 225 g/mol. The predicted molar refractivity (Wildman–Crippen MR) is 64.8 cm³/mol. The van der Waals surface area contributed by atoms with E-state index in [-0.39, 0.29) is 6.61 Å². The molecule has 84 valence electrons. The van der Waals surface area contributed by atoms with Crippen LogP contribution in [0.25, 0.3) is 16.7 Å². The molecule has 17 heavy (non-hydrogen) atoms. The van der Waals surface area contributed by atoms with Crippen LogP contribution in [0, 0.1) is 0 Å². The maximum atomic E-state index is 9.32. The van der Waals surface area contributed by atoms with Crippen LogP contribution in [-0.2, 0) is 6.61 Å². The van der Waals surface area contributed by atoms with Gasteiger partial charge in [0.25, 0.3) is 0 Å². The van der Waals surface area contributed by atoms with Gasteiger partial charge in [0.2, 0.25) is 0 Å². The molecule has 0 saturated heterocycles. The largest absolute Gasteiger partial charge is 0.392 e. The van der Waals surface area contributed by atoms with Crippen LogP contribution in [-0.4, -0.2) is 19.6 Å². The third-order valence-electron chi connectivity index (χ3n) is 2.76. The molecule has 0 aliphatic carbocycles. The Morgan fingerprint density at radius 3 is 2.94 bits per heavy atom. The Kier molecular flexibility index (Phi) is 2.34. The number of rotatable bonds is 2. The van der Waals surface area contributed by atoms with Gasteiger partial charge in [-0.2, -0.15) is 0 Å². The van der Waals surface area contributed by atoms with Gasteiger partial charge in [0.15, 0.2) is 0 Å². The topological polar surface area (TPSA) is 50.9 Å². The summed E-state index contributed by atoms with van der Waals surface area (Å²) in [5, 5.41) is 9.32. The van der Waals surface area contributed by atoms with Gasteiger partial charge in [0.1, 0.15) is 6.33 Å². The highest BCUT2D eigenvalue weighted by Crippen LogP contribution is 2.20. The second-order valence-electron chi connectivity index (χ2n) is 3.77. The van der Waals surface area contributed by atoms with Crippen molar-refractivity contribution < 1.29 is 5.11 Å². The molecule has 0 fully saturated rings. The number of aliphatic hydroxyl groups is 1. The number of hydrogen-bond acceptors (Lipinski definition) is 3. The van der Waals surface area contributed by atoms with E-state index in [1.54, 1.807) is 18.7 Å². The molecule has 0 amide bonds. The molecule has 3 rings (SSSR count). The van der Waals surface area contributed by atoms with E-state index in [1.165, 1.54) is 0 Å². The zero-order valence-corrected chi connectivity index (χ0v) is 9.11. The van der Waals surface area contributed by atoms with Crippen molar-refractivity contribution >= 4 is 11.0 Å². The molecule has 0 saturated carbocycles. The third-order valence-corrected chi connectivity index (χ3v) is 2.76. The summed E-state index contributed by atoms with van der Waals surface area (Å²) in [5.74, 6) is 0. The Morgan fingerprint density at radius 2 is 2.06 bits per heavy atom. The van der Waals surface area contributed by atoms with Crippen LogP contribution in [0.1, 0.15) is 5.56 Å². The summed E-state index contributed by atoms with van der Waals surface area (Å²) in [6.45, 7) is -0.0321. The van der Waals surface area contributed by atoms with Gasteiger partial charge in [0.05, 0.1) is 23.3 Å². The van der Waals surface area contributed by atoms with Crippen LogP contribution in [0.4, 0.5) is 0 Å². The minimum absolute atomic E-state index is 0.0321. The summed E-state index contributed by atoms with van der Waals surface area (Å²) in [6, 6.07) is 9.77. The molecule has 3 aromatic rings. The Hall–Kier alpha value is -2.20. The number of pyridine rings is 1. The van der Waals surface area contributed by atoms with E-state index < -0.39 is 0 Å². The Balaban J connectivity index is 2.27. The van der Waals surface area contributed by atoms with Gasteiger partial charge in [-0.1, -0.05) is 12.1 Å². The maximum Gasteiger partial charge on any atom is 0.100 e. The van der Waals surface area contributed by atoms with Crippen LogP contribution in [0.5, 0.6) is 0 Å². The van der Waals surface area contributed by atoms with E-state index in [9.17, 15) is 5.11 Å². The highest BCUT2D eigenvalue weighted by Gasteiger charge is 2.07. The maximum absolute atomic E-state index is 9.32. The first-order chi connectivity index (χ1) is 8.40. The fourth-order valence-electron chi connectivity index (χ4n) is 1.93. The van der Waals surface area contributed by atoms with E-state index in [0.29, 0.717) is 0 Å². The predicted octanol–water partition coefficient (Wildman–Crippen LogP) is 1.91. The zero-order valence-electron chi connectivity index (χ0n) is 9.11. The van der Waals surface area contributed by atoms with Crippen LogP contribution < -0.4 is 0 Å². The van der Waals surface area contributed by atoms with E-state index in [2.05, 4.69) is 9.97 Å². The number of nitrogens with zero attached hydrogens (tertiary/aromatic N) is 3. The molecular weight excluding hydrogens is 214 g/mol. The summed E-state index contributed by atoms with van der Waals surface area (Å²) in [7, 11) is 0. The van der Waals surface area contributed by atoms with Crippen LogP contribution in [0.3, 0.4) is 0 Å². The van der Waals surface area contributed by atoms with Crippen molar-refractivity contribution in [1.82, 2.24) is 14.5 Å². The number of fused-ring (bicyclic) bond motifs is 1. The van der Waals surface area contributed by atoms with Gasteiger partial charge in [-0.25, -0.2) is 4.98 Å². The summed E-state index contributed by atoms with van der Waals surface area (Å²) in [5.41, 5.74) is 3.66. The quantitative estimate of drug-likeness (QED) is 0.724. The molecule has 0 spiro atoms. The van der Waals surface area contributed by atoms with Crippen LogP contribution in [0.15, 0.2) is 49.1 Å². The Morgan fingerprint density at radius 1 is 1.18 bits per heavy atom. The van der Waals surface area contributed by atoms with Gasteiger partial charge in [-0.15, -0.1) is 0 Å². The van der Waals surface area contributed by atoms with Crippen molar-refractivity contribution in [1.29, 1.82) is 0 Å². The van der Waals surface area contributed by atoms with Crippen molar-refractivity contribution in [2.45, 2.75) is 6.61 Å². The molecule has 0 atom stereocenters. The van der Waals surface area contributed by atoms with E-state index in [0.717, 1.165) is 22.3 Å². The number of benzene rings is 1. The lowest BCUT2D eigenvalue weighted by Crippen LogP contribution is -1.98. The molecular formula is C13H11N3O. The first-order valence-corrected chi connectivity index (χ1v) is 5.36. The molecule has 2 heterocycles. The number of para-hydroxylation sites is 2. The average Bonchev–Trinajstić information content (AvgIpc) is 2.82. The standard InChI is InChI=1S/C13H11N3O/c17-8-10-7-14-6-5-12(10)16-9-15-11-3-1-2-4-13(11)16/h1-7,9,17H,8H2. The lowest BCUT2D eigenvalue weighted by molar-refractivity contribution is 0.281. The minimum atomic E-state index is -0.0321. The van der Waals surface area contributed by atoms with Gasteiger partial charge in [-0.3, -0.25) is 9.55 Å². The number of aliphatic hydroxyl groups excluding tert-OH is 1. The second-order valence-corrected chi connectivity index (χ2v) is 3.77. The van der Waals surface area contributed by atoms with Gasteiger partial charge < -0.3 is 5.11 Å². The molecule has 1 N–H and O–H groups in total. The number of imidazole rings is 1. The summed E-state index contributed by atoms with van der Waals surface area (Å²) in [6.07, 6.45) is 5.15. The molecule has 1 aromatic carbocycles. The lowest BCUT2D eigenvalue weighted by Gasteiger charge is -2.08. The van der Waals surface area contributed by atoms with Gasteiger partial charge in [-0.05, 0) is 18.2 Å². The van der Waals surface area contributed by atoms with E-state index in [4.69, 9.17) is 0 Å². The first kappa shape index (κ1) is 9.99. The normalized spacial score (nSPS) is 10.9. The summed E-state index contributed by atoms with van der Waals surface area (Å²) in [4.78, 5) is 8.34. The minimum Gasteiger partial charge on any atom is -0.392 e. The SMILES string of the molecule is OCc1cnccc1-n1cnc2ccccc21. The molecule has 0 bridgehead atoms. The highest BCUT2D eigenvalue weighted by molar-refractivity contribution is 5.77. The van der Waals surface area contributed by atoms with E-state index >= 15 is 0 Å². The summed E-state index contributed by atoms with van der Waals surface area (Å²) >= 11 is 0. The van der Waals surface area contributed by atoms with Gasteiger partial charge >= 0.3 is 0 Å². The number of aromatic nitrogens is 3. The first-order valence-electron chi connectivity index (χ1n) is 5.36. The highest BCUT2D eigenvalue weighted by atomic mass is 16.3. The fourth-order valence-corrected chi connectivity index (χ4v) is 1.93. The second kappa shape index (κ2) is 3.99. The Labute approximate surface area is 98.2 Å². The third kappa shape index (κ3) is 1.59. The van der Waals surface area contributed by atoms with Crippen molar-refractivity contribution in [2.24, 2.45) is 0 Å². The molecule has 0 radical (unpaired) electrons. The van der Waals surface area contributed by atoms with Crippen molar-refractivity contribution in [3.8, 4) is 5.69 Å². The van der Waals surface area contributed by atoms with Crippen molar-refractivity contribution in [3.63, 3.8) is 0 Å². The smallest absolute Gasteiger partial charge is 0.100 e. The van der Waals surface area contributed by atoms with Crippen molar-refractivity contribution in [3.05, 3.63) is 54.6 Å². The lowest BCUT2D eigenvalue weighted by atomic mass is 10.2. The summed E-state index contributed by atoms with van der Waals surface area (Å²) < 4.78 is 1.96. The molecule has 4 nitrogen and oxygen atoms in total. The molecule has 0 aliphatic heterocycles. The van der Waals surface area contributed by atoms with Gasteiger partial charge in [0, 0.05) is 18.0 Å². The van der Waals surface area contributed by atoms with Crippen LogP contribution in [0.2, 0.25) is 0 Å². The molecule has 0 unspecified atom stereocenters. The Bertz CT molecular complexity index is 660. The zero-order chi connectivity index (χ0) is 11.7.